The number of hydrogen-bond donors (Lipinski definition) is 1. The van der Waals surface area contributed by atoms with E-state index in [-0.39, 0.29) is 5.56 Å². The lowest BCUT2D eigenvalue weighted by Crippen LogP contribution is -2.04. The number of methoxy groups -OCH3 is 1. The van der Waals surface area contributed by atoms with Crippen molar-refractivity contribution in [2.45, 2.75) is 20.5 Å². The average molecular weight is 287 g/mol. The predicted octanol–water partition coefficient (Wildman–Crippen LogP) is 2.98. The molecule has 0 radical (unpaired) electrons. The SMILES string of the molecule is COc1c(C)cnc(COc2ccc(C(=O)O)cc2)c1C. The van der Waals surface area contributed by atoms with Crippen molar-refractivity contribution in [2.75, 3.05) is 7.11 Å². The number of hydrogen-bond acceptors (Lipinski definition) is 4. The smallest absolute Gasteiger partial charge is 0.335 e. The van der Waals surface area contributed by atoms with E-state index in [1.165, 1.54) is 12.1 Å². The molecule has 0 aliphatic carbocycles. The predicted molar refractivity (Wildman–Crippen MR) is 78.0 cm³/mol. The number of ether oxygens (including phenoxy) is 2. The van der Waals surface area contributed by atoms with Crippen LogP contribution in [0.5, 0.6) is 11.5 Å². The molecule has 0 saturated heterocycles. The van der Waals surface area contributed by atoms with Gasteiger partial charge >= 0.3 is 5.97 Å². The third-order valence-electron chi connectivity index (χ3n) is 3.23. The Balaban J connectivity index is 2.11. The summed E-state index contributed by atoms with van der Waals surface area (Å²) in [6.07, 6.45) is 1.75. The molecule has 2 aromatic rings. The fourth-order valence-electron chi connectivity index (χ4n) is 2.06. The Labute approximate surface area is 123 Å². The van der Waals surface area contributed by atoms with Gasteiger partial charge in [0.1, 0.15) is 18.1 Å². The van der Waals surface area contributed by atoms with Crippen LogP contribution >= 0.6 is 0 Å². The maximum absolute atomic E-state index is 10.8. The van der Waals surface area contributed by atoms with Gasteiger partial charge in [-0.2, -0.15) is 0 Å². The quantitative estimate of drug-likeness (QED) is 0.915. The van der Waals surface area contributed by atoms with Gasteiger partial charge in [0.05, 0.1) is 18.4 Å². The van der Waals surface area contributed by atoms with E-state index in [0.717, 1.165) is 22.6 Å². The summed E-state index contributed by atoms with van der Waals surface area (Å²) in [7, 11) is 1.63. The van der Waals surface area contributed by atoms with Gasteiger partial charge in [-0.3, -0.25) is 4.98 Å². The normalized spacial score (nSPS) is 10.2. The maximum Gasteiger partial charge on any atom is 0.335 e. The van der Waals surface area contributed by atoms with Crippen LogP contribution in [0.25, 0.3) is 0 Å². The molecule has 5 heteroatoms. The number of carbonyl (C=O) groups is 1. The summed E-state index contributed by atoms with van der Waals surface area (Å²) in [6.45, 7) is 4.17. The van der Waals surface area contributed by atoms with Gasteiger partial charge in [0.25, 0.3) is 0 Å². The minimum Gasteiger partial charge on any atom is -0.496 e. The summed E-state index contributed by atoms with van der Waals surface area (Å²) in [5.41, 5.74) is 2.94. The molecule has 0 fully saturated rings. The number of aromatic nitrogens is 1. The fraction of sp³-hybridized carbons (Fsp3) is 0.250. The number of aromatic carboxylic acids is 1. The monoisotopic (exact) mass is 287 g/mol. The molecule has 0 atom stereocenters. The number of rotatable bonds is 5. The molecule has 1 heterocycles. The Kier molecular flexibility index (Phi) is 4.42. The van der Waals surface area contributed by atoms with Crippen LogP contribution in [-0.4, -0.2) is 23.2 Å². The Morgan fingerprint density at radius 2 is 1.90 bits per heavy atom. The van der Waals surface area contributed by atoms with Crippen molar-refractivity contribution in [1.29, 1.82) is 0 Å². The summed E-state index contributed by atoms with van der Waals surface area (Å²) in [4.78, 5) is 15.1. The molecule has 0 amide bonds. The molecule has 0 saturated carbocycles. The minimum atomic E-state index is -0.956. The first-order valence-electron chi connectivity index (χ1n) is 6.48. The number of nitrogens with zero attached hydrogens (tertiary/aromatic N) is 1. The fourth-order valence-corrected chi connectivity index (χ4v) is 2.06. The van der Waals surface area contributed by atoms with E-state index in [1.807, 2.05) is 13.8 Å². The highest BCUT2D eigenvalue weighted by atomic mass is 16.5. The second-order valence-electron chi connectivity index (χ2n) is 4.66. The number of pyridine rings is 1. The van der Waals surface area contributed by atoms with E-state index in [1.54, 1.807) is 25.4 Å². The second-order valence-corrected chi connectivity index (χ2v) is 4.66. The Hall–Kier alpha value is -2.56. The zero-order valence-electron chi connectivity index (χ0n) is 12.2. The maximum atomic E-state index is 10.8. The third kappa shape index (κ3) is 3.31. The number of carboxylic acids is 1. The van der Waals surface area contributed by atoms with Crippen molar-refractivity contribution in [1.82, 2.24) is 4.98 Å². The molecule has 2 rings (SSSR count). The molecule has 5 nitrogen and oxygen atoms in total. The van der Waals surface area contributed by atoms with Crippen LogP contribution in [0.4, 0.5) is 0 Å². The van der Waals surface area contributed by atoms with Gasteiger partial charge in [-0.1, -0.05) is 0 Å². The average Bonchev–Trinajstić information content (AvgIpc) is 2.47. The molecular weight excluding hydrogens is 270 g/mol. The Bertz CT molecular complexity index is 650. The van der Waals surface area contributed by atoms with Crippen LogP contribution in [0.2, 0.25) is 0 Å². The van der Waals surface area contributed by atoms with E-state index in [4.69, 9.17) is 14.6 Å². The van der Waals surface area contributed by atoms with Crippen molar-refractivity contribution in [3.63, 3.8) is 0 Å². The molecule has 21 heavy (non-hydrogen) atoms. The van der Waals surface area contributed by atoms with Crippen molar-refractivity contribution in [2.24, 2.45) is 0 Å². The lowest BCUT2D eigenvalue weighted by atomic mass is 10.1. The first-order valence-corrected chi connectivity index (χ1v) is 6.48. The number of carboxylic acid groups (broad SMARTS) is 1. The highest BCUT2D eigenvalue weighted by Gasteiger charge is 2.10. The zero-order chi connectivity index (χ0) is 15.4. The Morgan fingerprint density at radius 3 is 2.48 bits per heavy atom. The molecule has 0 aliphatic rings. The van der Waals surface area contributed by atoms with Gasteiger partial charge in [0, 0.05) is 17.3 Å². The summed E-state index contributed by atoms with van der Waals surface area (Å²) in [5, 5.41) is 8.84. The van der Waals surface area contributed by atoms with Gasteiger partial charge < -0.3 is 14.6 Å². The van der Waals surface area contributed by atoms with Crippen LogP contribution in [0.1, 0.15) is 27.2 Å². The van der Waals surface area contributed by atoms with E-state index in [2.05, 4.69) is 4.98 Å². The van der Waals surface area contributed by atoms with Crippen molar-refractivity contribution in [3.8, 4) is 11.5 Å². The van der Waals surface area contributed by atoms with Gasteiger partial charge in [-0.25, -0.2) is 4.79 Å². The van der Waals surface area contributed by atoms with Gasteiger partial charge in [0.15, 0.2) is 0 Å². The summed E-state index contributed by atoms with van der Waals surface area (Å²) < 4.78 is 11.0. The van der Waals surface area contributed by atoms with Crippen LogP contribution in [-0.2, 0) is 6.61 Å². The van der Waals surface area contributed by atoms with Crippen LogP contribution < -0.4 is 9.47 Å². The lowest BCUT2D eigenvalue weighted by Gasteiger charge is -2.13. The first-order chi connectivity index (χ1) is 10.0. The topological polar surface area (TPSA) is 68.7 Å². The minimum absolute atomic E-state index is 0.230. The molecule has 0 aliphatic heterocycles. The zero-order valence-corrected chi connectivity index (χ0v) is 12.2. The van der Waals surface area contributed by atoms with Crippen molar-refractivity contribution < 1.29 is 19.4 Å². The Morgan fingerprint density at radius 1 is 1.24 bits per heavy atom. The summed E-state index contributed by atoms with van der Waals surface area (Å²) >= 11 is 0. The van der Waals surface area contributed by atoms with Crippen LogP contribution in [0.15, 0.2) is 30.5 Å². The second kappa shape index (κ2) is 6.26. The van der Waals surface area contributed by atoms with Crippen molar-refractivity contribution in [3.05, 3.63) is 52.8 Å². The molecule has 1 aromatic heterocycles. The van der Waals surface area contributed by atoms with E-state index < -0.39 is 5.97 Å². The van der Waals surface area contributed by atoms with Crippen LogP contribution in [0, 0.1) is 13.8 Å². The van der Waals surface area contributed by atoms with E-state index >= 15 is 0 Å². The first kappa shape index (κ1) is 14.8. The van der Waals surface area contributed by atoms with Crippen LogP contribution in [0.3, 0.4) is 0 Å². The van der Waals surface area contributed by atoms with Gasteiger partial charge in [0.2, 0.25) is 0 Å². The highest BCUT2D eigenvalue weighted by molar-refractivity contribution is 5.87. The molecule has 0 unspecified atom stereocenters. The van der Waals surface area contributed by atoms with Gasteiger partial charge in [-0.05, 0) is 38.1 Å². The standard InChI is InChI=1S/C16H17NO4/c1-10-8-17-14(11(2)15(10)20-3)9-21-13-6-4-12(5-7-13)16(18)19/h4-8H,9H2,1-3H3,(H,18,19). The molecule has 0 spiro atoms. The molecular formula is C16H17NO4. The molecule has 1 N–H and O–H groups in total. The molecule has 110 valence electrons. The molecule has 1 aromatic carbocycles. The number of aryl methyl sites for hydroxylation is 1. The molecule has 0 bridgehead atoms. The van der Waals surface area contributed by atoms with Crippen molar-refractivity contribution >= 4 is 5.97 Å². The summed E-state index contributed by atoms with van der Waals surface area (Å²) in [5.74, 6) is 0.452. The summed E-state index contributed by atoms with van der Waals surface area (Å²) in [6, 6.07) is 6.27. The highest BCUT2D eigenvalue weighted by Crippen LogP contribution is 2.24. The van der Waals surface area contributed by atoms with E-state index in [9.17, 15) is 4.79 Å². The third-order valence-corrected chi connectivity index (χ3v) is 3.23. The van der Waals surface area contributed by atoms with E-state index in [0.29, 0.717) is 12.4 Å². The largest absolute Gasteiger partial charge is 0.496 e. The lowest BCUT2D eigenvalue weighted by molar-refractivity contribution is 0.0697. The number of benzene rings is 1. The van der Waals surface area contributed by atoms with Gasteiger partial charge in [-0.15, -0.1) is 0 Å².